The van der Waals surface area contributed by atoms with Gasteiger partial charge in [-0.3, -0.25) is 0 Å². The molecule has 23 heavy (non-hydrogen) atoms. The Kier molecular flexibility index (Phi) is 8.02. The highest BCUT2D eigenvalue weighted by Gasteiger charge is 2.16. The molecule has 0 aliphatic rings. The van der Waals surface area contributed by atoms with Crippen molar-refractivity contribution in [3.63, 3.8) is 0 Å². The molecule has 0 saturated heterocycles. The molecule has 1 heterocycles. The molecule has 0 aliphatic carbocycles. The Hall–Kier alpha value is -1.63. The monoisotopic (exact) mass is 341 g/mol. The molecule has 0 bridgehead atoms. The topological polar surface area (TPSA) is 69.4 Å². The van der Waals surface area contributed by atoms with Crippen molar-refractivity contribution in [2.75, 3.05) is 14.2 Å². The van der Waals surface area contributed by atoms with E-state index in [4.69, 9.17) is 14.0 Å². The van der Waals surface area contributed by atoms with E-state index >= 15 is 0 Å². The molecule has 2 aromatic rings. The molecule has 0 radical (unpaired) electrons. The zero-order valence-electron chi connectivity index (χ0n) is 13.9. The number of benzene rings is 1. The third kappa shape index (κ3) is 5.82. The quantitative estimate of drug-likeness (QED) is 0.796. The van der Waals surface area contributed by atoms with Crippen LogP contribution in [0.4, 0.5) is 0 Å². The highest BCUT2D eigenvalue weighted by Crippen LogP contribution is 2.19. The van der Waals surface area contributed by atoms with Crippen LogP contribution in [0.3, 0.4) is 0 Å². The average molecular weight is 342 g/mol. The molecule has 128 valence electrons. The molecule has 7 heteroatoms. The largest absolute Gasteiger partial charge is 0.497 e. The van der Waals surface area contributed by atoms with Gasteiger partial charge in [0, 0.05) is 12.5 Å². The van der Waals surface area contributed by atoms with E-state index in [0.717, 1.165) is 17.7 Å². The number of ether oxygens (including phenoxy) is 2. The predicted octanol–water partition coefficient (Wildman–Crippen LogP) is 2.93. The van der Waals surface area contributed by atoms with Crippen LogP contribution in [0.5, 0.6) is 5.75 Å². The molecule has 0 saturated carbocycles. The average Bonchev–Trinajstić information content (AvgIpc) is 3.01. The summed E-state index contributed by atoms with van der Waals surface area (Å²) in [4.78, 5) is 4.38. The van der Waals surface area contributed by atoms with E-state index in [1.54, 1.807) is 7.11 Å². The second-order valence-electron chi connectivity index (χ2n) is 5.25. The lowest BCUT2D eigenvalue weighted by atomic mass is 10.2. The number of methoxy groups -OCH3 is 1. The van der Waals surface area contributed by atoms with Crippen LogP contribution in [0.1, 0.15) is 37.2 Å². The summed E-state index contributed by atoms with van der Waals surface area (Å²) in [7, 11) is 3.56. The lowest BCUT2D eigenvalue weighted by molar-refractivity contribution is 0.0307. The molecular weight excluding hydrogens is 318 g/mol. The van der Waals surface area contributed by atoms with Gasteiger partial charge in [-0.1, -0.05) is 17.3 Å². The second-order valence-corrected chi connectivity index (χ2v) is 5.25. The minimum Gasteiger partial charge on any atom is -0.497 e. The second kappa shape index (κ2) is 9.50. The first-order valence-electron chi connectivity index (χ1n) is 7.36. The maximum Gasteiger partial charge on any atom is 0.255 e. The standard InChI is InChI=1S/C16H23N3O3.ClH/c1-11(17-3)8-15-18-16(22-19-15)12(2)21-10-13-6-5-7-14(9-13)20-4;/h5-7,9,11-12,17H,8,10H2,1-4H3;1H. The molecule has 1 N–H and O–H groups in total. The molecule has 2 rings (SSSR count). The van der Waals surface area contributed by atoms with Gasteiger partial charge in [0.25, 0.3) is 5.89 Å². The highest BCUT2D eigenvalue weighted by atomic mass is 35.5. The third-order valence-corrected chi connectivity index (χ3v) is 3.45. The Morgan fingerprint density at radius 1 is 1.30 bits per heavy atom. The molecule has 1 aromatic heterocycles. The highest BCUT2D eigenvalue weighted by molar-refractivity contribution is 5.85. The van der Waals surface area contributed by atoms with Crippen LogP contribution in [0.15, 0.2) is 28.8 Å². The van der Waals surface area contributed by atoms with Crippen molar-refractivity contribution in [1.29, 1.82) is 0 Å². The van der Waals surface area contributed by atoms with Gasteiger partial charge in [0.1, 0.15) is 11.9 Å². The third-order valence-electron chi connectivity index (χ3n) is 3.45. The van der Waals surface area contributed by atoms with E-state index in [2.05, 4.69) is 22.4 Å². The van der Waals surface area contributed by atoms with Gasteiger partial charge in [0.2, 0.25) is 0 Å². The molecule has 0 amide bonds. The van der Waals surface area contributed by atoms with Crippen LogP contribution in [-0.4, -0.2) is 30.3 Å². The van der Waals surface area contributed by atoms with E-state index < -0.39 is 0 Å². The maximum atomic E-state index is 5.79. The molecular formula is C16H24ClN3O3. The lowest BCUT2D eigenvalue weighted by Gasteiger charge is -2.09. The Labute approximate surface area is 143 Å². The van der Waals surface area contributed by atoms with E-state index in [9.17, 15) is 0 Å². The zero-order chi connectivity index (χ0) is 15.9. The Balaban J connectivity index is 0.00000264. The van der Waals surface area contributed by atoms with Crippen molar-refractivity contribution in [3.05, 3.63) is 41.5 Å². The van der Waals surface area contributed by atoms with Crippen molar-refractivity contribution < 1.29 is 14.0 Å². The Bertz CT molecular complexity index is 591. The van der Waals surface area contributed by atoms with Crippen LogP contribution in [0.2, 0.25) is 0 Å². The molecule has 0 fully saturated rings. The van der Waals surface area contributed by atoms with Crippen molar-refractivity contribution in [1.82, 2.24) is 15.5 Å². The van der Waals surface area contributed by atoms with Gasteiger partial charge in [0.15, 0.2) is 5.82 Å². The van der Waals surface area contributed by atoms with Gasteiger partial charge >= 0.3 is 0 Å². The molecule has 1 aromatic carbocycles. The van der Waals surface area contributed by atoms with E-state index in [0.29, 0.717) is 24.4 Å². The molecule has 2 unspecified atom stereocenters. The SMILES string of the molecule is CNC(C)Cc1noc(C(C)OCc2cccc(OC)c2)n1.Cl. The van der Waals surface area contributed by atoms with Crippen LogP contribution >= 0.6 is 12.4 Å². The summed E-state index contributed by atoms with van der Waals surface area (Å²) in [5.41, 5.74) is 1.04. The van der Waals surface area contributed by atoms with Gasteiger partial charge in [-0.05, 0) is 38.6 Å². The fourth-order valence-electron chi connectivity index (χ4n) is 1.95. The van der Waals surface area contributed by atoms with Gasteiger partial charge < -0.3 is 19.3 Å². The first kappa shape index (κ1) is 19.4. The summed E-state index contributed by atoms with van der Waals surface area (Å²) in [6.45, 7) is 4.43. The van der Waals surface area contributed by atoms with Crippen LogP contribution in [0.25, 0.3) is 0 Å². The van der Waals surface area contributed by atoms with Crippen molar-refractivity contribution in [2.45, 2.75) is 39.0 Å². The lowest BCUT2D eigenvalue weighted by Crippen LogP contribution is -2.24. The maximum absolute atomic E-state index is 5.79. The number of hydrogen-bond acceptors (Lipinski definition) is 6. The fourth-order valence-corrected chi connectivity index (χ4v) is 1.95. The summed E-state index contributed by atoms with van der Waals surface area (Å²) >= 11 is 0. The smallest absolute Gasteiger partial charge is 0.255 e. The fraction of sp³-hybridized carbons (Fsp3) is 0.500. The predicted molar refractivity (Wildman–Crippen MR) is 90.0 cm³/mol. The van der Waals surface area contributed by atoms with Gasteiger partial charge in [0.05, 0.1) is 13.7 Å². The van der Waals surface area contributed by atoms with Gasteiger partial charge in [-0.25, -0.2) is 0 Å². The number of aromatic nitrogens is 2. The summed E-state index contributed by atoms with van der Waals surface area (Å²) in [5.74, 6) is 2.00. The summed E-state index contributed by atoms with van der Waals surface area (Å²) in [5, 5.41) is 7.13. The number of nitrogens with one attached hydrogen (secondary N) is 1. The minimum absolute atomic E-state index is 0. The summed E-state index contributed by atoms with van der Waals surface area (Å²) < 4.78 is 16.3. The molecule has 0 aliphatic heterocycles. The van der Waals surface area contributed by atoms with E-state index in [-0.39, 0.29) is 18.5 Å². The van der Waals surface area contributed by atoms with Crippen LogP contribution in [-0.2, 0) is 17.8 Å². The van der Waals surface area contributed by atoms with Crippen molar-refractivity contribution >= 4 is 12.4 Å². The zero-order valence-corrected chi connectivity index (χ0v) is 14.7. The molecule has 2 atom stereocenters. The Morgan fingerprint density at radius 3 is 2.78 bits per heavy atom. The normalized spacial score (nSPS) is 13.2. The van der Waals surface area contributed by atoms with Crippen molar-refractivity contribution in [2.24, 2.45) is 0 Å². The first-order valence-corrected chi connectivity index (χ1v) is 7.36. The van der Waals surface area contributed by atoms with Gasteiger partial charge in [-0.15, -0.1) is 12.4 Å². The number of hydrogen-bond donors (Lipinski definition) is 1. The number of nitrogens with zero attached hydrogens (tertiary/aromatic N) is 2. The van der Waals surface area contributed by atoms with Crippen LogP contribution in [0, 0.1) is 0 Å². The first-order chi connectivity index (χ1) is 10.6. The Morgan fingerprint density at radius 2 is 2.09 bits per heavy atom. The van der Waals surface area contributed by atoms with Crippen LogP contribution < -0.4 is 10.1 Å². The van der Waals surface area contributed by atoms with E-state index in [1.807, 2.05) is 38.2 Å². The van der Waals surface area contributed by atoms with E-state index in [1.165, 1.54) is 0 Å². The molecule has 6 nitrogen and oxygen atoms in total. The molecule has 0 spiro atoms. The summed E-state index contributed by atoms with van der Waals surface area (Å²) in [6, 6.07) is 8.08. The van der Waals surface area contributed by atoms with Crippen molar-refractivity contribution in [3.8, 4) is 5.75 Å². The number of halogens is 1. The summed E-state index contributed by atoms with van der Waals surface area (Å²) in [6.07, 6.45) is 0.472. The van der Waals surface area contributed by atoms with Gasteiger partial charge in [-0.2, -0.15) is 4.98 Å². The number of rotatable bonds is 8. The minimum atomic E-state index is -0.252. The number of likely N-dealkylation sites (N-methyl/N-ethyl adjacent to an activating group) is 1.